The SMILES string of the molecule is COc1cccc(CNC(=O)NCCC(O)C(=O)O)c1. The third-order valence-corrected chi connectivity index (χ3v) is 2.58. The maximum Gasteiger partial charge on any atom is 0.332 e. The van der Waals surface area contributed by atoms with E-state index in [1.807, 2.05) is 12.1 Å². The van der Waals surface area contributed by atoms with Crippen molar-refractivity contribution in [1.82, 2.24) is 10.6 Å². The molecule has 0 spiro atoms. The van der Waals surface area contributed by atoms with Gasteiger partial charge in [-0.15, -0.1) is 0 Å². The van der Waals surface area contributed by atoms with Crippen LogP contribution in [0.1, 0.15) is 12.0 Å². The first kappa shape index (κ1) is 15.8. The second-order valence-corrected chi connectivity index (χ2v) is 4.10. The number of ether oxygens (including phenoxy) is 1. The number of benzene rings is 1. The lowest BCUT2D eigenvalue weighted by Crippen LogP contribution is -2.37. The first-order chi connectivity index (χ1) is 9.52. The van der Waals surface area contributed by atoms with Crippen molar-refractivity contribution in [3.05, 3.63) is 29.8 Å². The van der Waals surface area contributed by atoms with E-state index in [0.717, 1.165) is 5.56 Å². The summed E-state index contributed by atoms with van der Waals surface area (Å²) in [5.74, 6) is -0.599. The number of aliphatic hydroxyl groups is 1. The molecule has 4 N–H and O–H groups in total. The van der Waals surface area contributed by atoms with Gasteiger partial charge in [-0.2, -0.15) is 0 Å². The Hall–Kier alpha value is -2.28. The normalized spacial score (nSPS) is 11.5. The molecule has 20 heavy (non-hydrogen) atoms. The van der Waals surface area contributed by atoms with Crippen molar-refractivity contribution in [2.75, 3.05) is 13.7 Å². The Morgan fingerprint density at radius 1 is 1.35 bits per heavy atom. The maximum absolute atomic E-state index is 11.4. The van der Waals surface area contributed by atoms with Gasteiger partial charge in [0.15, 0.2) is 6.10 Å². The topological polar surface area (TPSA) is 108 Å². The lowest BCUT2D eigenvalue weighted by atomic mass is 10.2. The van der Waals surface area contributed by atoms with Gasteiger partial charge >= 0.3 is 12.0 Å². The first-order valence-corrected chi connectivity index (χ1v) is 6.08. The summed E-state index contributed by atoms with van der Waals surface area (Å²) in [5.41, 5.74) is 0.880. The van der Waals surface area contributed by atoms with Crippen LogP contribution < -0.4 is 15.4 Å². The molecule has 2 amide bonds. The first-order valence-electron chi connectivity index (χ1n) is 6.08. The number of hydrogen-bond donors (Lipinski definition) is 4. The van der Waals surface area contributed by atoms with Gasteiger partial charge < -0.3 is 25.6 Å². The molecular formula is C13H18N2O5. The van der Waals surface area contributed by atoms with Crippen LogP contribution in [-0.2, 0) is 11.3 Å². The summed E-state index contributed by atoms with van der Waals surface area (Å²) in [6.07, 6.45) is -1.50. The summed E-state index contributed by atoms with van der Waals surface area (Å²) < 4.78 is 5.06. The number of hydrogen-bond acceptors (Lipinski definition) is 4. The molecule has 7 nitrogen and oxygen atoms in total. The summed E-state index contributed by atoms with van der Waals surface area (Å²) in [6.45, 7) is 0.405. The van der Waals surface area contributed by atoms with Crippen LogP contribution >= 0.6 is 0 Å². The Bertz CT molecular complexity index is 464. The van der Waals surface area contributed by atoms with Crippen LogP contribution in [-0.4, -0.2) is 42.0 Å². The fourth-order valence-electron chi connectivity index (χ4n) is 1.47. The van der Waals surface area contributed by atoms with Crippen LogP contribution in [0.3, 0.4) is 0 Å². The van der Waals surface area contributed by atoms with Gasteiger partial charge in [-0.3, -0.25) is 0 Å². The molecule has 0 aliphatic carbocycles. The molecule has 110 valence electrons. The van der Waals surface area contributed by atoms with E-state index in [1.165, 1.54) is 0 Å². The zero-order chi connectivity index (χ0) is 15.0. The van der Waals surface area contributed by atoms with Gasteiger partial charge in [0.05, 0.1) is 7.11 Å². The second-order valence-electron chi connectivity index (χ2n) is 4.10. The monoisotopic (exact) mass is 282 g/mol. The maximum atomic E-state index is 11.4. The predicted molar refractivity (Wildman–Crippen MR) is 71.5 cm³/mol. The summed E-state index contributed by atoms with van der Waals surface area (Å²) >= 11 is 0. The van der Waals surface area contributed by atoms with Gasteiger partial charge in [0, 0.05) is 19.5 Å². The van der Waals surface area contributed by atoms with E-state index >= 15 is 0 Å². The zero-order valence-electron chi connectivity index (χ0n) is 11.1. The van der Waals surface area contributed by atoms with Crippen LogP contribution in [0.4, 0.5) is 4.79 Å². The molecular weight excluding hydrogens is 264 g/mol. The number of methoxy groups -OCH3 is 1. The average molecular weight is 282 g/mol. The minimum Gasteiger partial charge on any atom is -0.497 e. The summed E-state index contributed by atoms with van der Waals surface area (Å²) in [4.78, 5) is 21.8. The summed E-state index contributed by atoms with van der Waals surface area (Å²) in [7, 11) is 1.56. The molecule has 0 bridgehead atoms. The highest BCUT2D eigenvalue weighted by Gasteiger charge is 2.12. The average Bonchev–Trinajstić information content (AvgIpc) is 2.45. The van der Waals surface area contributed by atoms with E-state index in [2.05, 4.69) is 10.6 Å². The molecule has 1 rings (SSSR count). The third kappa shape index (κ3) is 5.57. The number of aliphatic carboxylic acids is 1. The lowest BCUT2D eigenvalue weighted by molar-refractivity contribution is -0.146. The number of rotatable bonds is 7. The standard InChI is InChI=1S/C13H18N2O5/c1-20-10-4-2-3-9(7-10)8-15-13(19)14-6-5-11(16)12(17)18/h2-4,7,11,16H,5-6,8H2,1H3,(H,17,18)(H2,14,15,19). The van der Waals surface area contributed by atoms with Gasteiger partial charge in [-0.05, 0) is 17.7 Å². The van der Waals surface area contributed by atoms with Crippen LogP contribution in [0.2, 0.25) is 0 Å². The Morgan fingerprint density at radius 3 is 2.75 bits per heavy atom. The fraction of sp³-hybridized carbons (Fsp3) is 0.385. The highest BCUT2D eigenvalue weighted by Crippen LogP contribution is 2.11. The van der Waals surface area contributed by atoms with Crippen molar-refractivity contribution >= 4 is 12.0 Å². The van der Waals surface area contributed by atoms with Crippen LogP contribution in [0.15, 0.2) is 24.3 Å². The van der Waals surface area contributed by atoms with E-state index in [-0.39, 0.29) is 13.0 Å². The van der Waals surface area contributed by atoms with Crippen molar-refractivity contribution in [3.63, 3.8) is 0 Å². The lowest BCUT2D eigenvalue weighted by Gasteiger charge is -2.09. The minimum absolute atomic E-state index is 0.0398. The predicted octanol–water partition coefficient (Wildman–Crippen LogP) is 0.330. The van der Waals surface area contributed by atoms with Gasteiger partial charge in [0.1, 0.15) is 5.75 Å². The molecule has 0 heterocycles. The molecule has 0 aromatic heterocycles. The molecule has 1 aromatic rings. The number of amides is 2. The Morgan fingerprint density at radius 2 is 2.10 bits per heavy atom. The molecule has 0 aliphatic heterocycles. The zero-order valence-corrected chi connectivity index (χ0v) is 11.1. The number of carboxylic acid groups (broad SMARTS) is 1. The van der Waals surface area contributed by atoms with Gasteiger partial charge in [-0.25, -0.2) is 9.59 Å². The quantitative estimate of drug-likeness (QED) is 0.576. The van der Waals surface area contributed by atoms with Crippen molar-refractivity contribution in [2.45, 2.75) is 19.1 Å². The Labute approximate surface area is 116 Å². The van der Waals surface area contributed by atoms with Gasteiger partial charge in [0.2, 0.25) is 0 Å². The van der Waals surface area contributed by atoms with E-state index in [1.54, 1.807) is 19.2 Å². The van der Waals surface area contributed by atoms with E-state index in [9.17, 15) is 9.59 Å². The van der Waals surface area contributed by atoms with Gasteiger partial charge in [-0.1, -0.05) is 12.1 Å². The minimum atomic E-state index is -1.46. The third-order valence-electron chi connectivity index (χ3n) is 2.58. The molecule has 7 heteroatoms. The highest BCUT2D eigenvalue weighted by molar-refractivity contribution is 5.74. The van der Waals surface area contributed by atoms with E-state index in [4.69, 9.17) is 14.9 Å². The number of carboxylic acids is 1. The van der Waals surface area contributed by atoms with Crippen LogP contribution in [0.5, 0.6) is 5.75 Å². The molecule has 1 atom stereocenters. The molecule has 0 fully saturated rings. The Balaban J connectivity index is 2.27. The largest absolute Gasteiger partial charge is 0.497 e. The van der Waals surface area contributed by atoms with Crippen molar-refractivity contribution in [2.24, 2.45) is 0 Å². The second kappa shape index (κ2) is 8.00. The molecule has 0 saturated carbocycles. The smallest absolute Gasteiger partial charge is 0.332 e. The summed E-state index contributed by atoms with van der Waals surface area (Å²) in [5, 5.41) is 22.6. The number of urea groups is 1. The molecule has 1 unspecified atom stereocenters. The summed E-state index contributed by atoms with van der Waals surface area (Å²) in [6, 6.07) is 6.84. The van der Waals surface area contributed by atoms with E-state index < -0.39 is 18.1 Å². The molecule has 1 aromatic carbocycles. The van der Waals surface area contributed by atoms with Crippen molar-refractivity contribution in [3.8, 4) is 5.75 Å². The number of carbonyl (C=O) groups excluding carboxylic acids is 1. The number of nitrogens with one attached hydrogen (secondary N) is 2. The van der Waals surface area contributed by atoms with Crippen molar-refractivity contribution in [1.29, 1.82) is 0 Å². The van der Waals surface area contributed by atoms with E-state index in [0.29, 0.717) is 12.3 Å². The molecule has 0 aliphatic rings. The fourth-order valence-corrected chi connectivity index (χ4v) is 1.47. The molecule has 0 saturated heterocycles. The van der Waals surface area contributed by atoms with Crippen LogP contribution in [0.25, 0.3) is 0 Å². The van der Waals surface area contributed by atoms with Crippen molar-refractivity contribution < 1.29 is 24.5 Å². The Kier molecular flexibility index (Phi) is 6.31. The van der Waals surface area contributed by atoms with Gasteiger partial charge in [0.25, 0.3) is 0 Å². The van der Waals surface area contributed by atoms with Crippen LogP contribution in [0, 0.1) is 0 Å². The highest BCUT2D eigenvalue weighted by atomic mass is 16.5. The number of carbonyl (C=O) groups is 2. The number of aliphatic hydroxyl groups excluding tert-OH is 1. The molecule has 0 radical (unpaired) electrons.